The molecule has 0 saturated heterocycles. The number of benzene rings is 1. The molecule has 2 aromatic rings. The van der Waals surface area contributed by atoms with Crippen molar-refractivity contribution in [2.75, 3.05) is 18.1 Å². The number of aromatic nitrogens is 1. The Kier molecular flexibility index (Phi) is 3.46. The number of carbonyl (C=O) groups excluding carboxylic acids is 1. The maximum Gasteiger partial charge on any atom is 0.251 e. The number of para-hydroxylation sites is 2. The molecule has 3 rings (SSSR count). The Balaban J connectivity index is 1.80. The van der Waals surface area contributed by atoms with Crippen LogP contribution in [-0.2, 0) is 4.79 Å². The molecule has 1 aromatic carbocycles. The fraction of sp³-hybridized carbons (Fsp3) is 0.125. The minimum atomic E-state index is -0.0513. The van der Waals surface area contributed by atoms with Gasteiger partial charge in [0, 0.05) is 18.5 Å². The van der Waals surface area contributed by atoms with E-state index in [-0.39, 0.29) is 5.91 Å². The molecule has 0 saturated carbocycles. The third-order valence-electron chi connectivity index (χ3n) is 3.10. The van der Waals surface area contributed by atoms with E-state index in [1.54, 1.807) is 29.4 Å². The Morgan fingerprint density at radius 1 is 1.25 bits per heavy atom. The summed E-state index contributed by atoms with van der Waals surface area (Å²) in [5, 5.41) is 0. The van der Waals surface area contributed by atoms with E-state index in [9.17, 15) is 4.79 Å². The average Bonchev–Trinajstić information content (AvgIpc) is 2.53. The molecule has 1 amide bonds. The van der Waals surface area contributed by atoms with Gasteiger partial charge in [-0.15, -0.1) is 0 Å². The van der Waals surface area contributed by atoms with Crippen LogP contribution in [0.2, 0.25) is 0 Å². The second kappa shape index (κ2) is 5.57. The molecule has 4 nitrogen and oxygen atoms in total. The molecule has 0 unspecified atom stereocenters. The maximum atomic E-state index is 12.3. The molecule has 0 N–H and O–H groups in total. The minimum absolute atomic E-state index is 0.0513. The number of rotatable bonds is 2. The summed E-state index contributed by atoms with van der Waals surface area (Å²) in [5.74, 6) is 0.700. The van der Waals surface area contributed by atoms with Gasteiger partial charge in [0.2, 0.25) is 0 Å². The second-order valence-electron chi connectivity index (χ2n) is 4.43. The fourth-order valence-electron chi connectivity index (χ4n) is 2.13. The van der Waals surface area contributed by atoms with Crippen LogP contribution in [0.3, 0.4) is 0 Å². The summed E-state index contributed by atoms with van der Waals surface area (Å²) in [6, 6.07) is 11.3. The number of ether oxygens (including phenoxy) is 1. The van der Waals surface area contributed by atoms with Crippen LogP contribution >= 0.6 is 0 Å². The first-order valence-electron chi connectivity index (χ1n) is 6.46. The summed E-state index contributed by atoms with van der Waals surface area (Å²) in [7, 11) is 0. The second-order valence-corrected chi connectivity index (χ2v) is 4.43. The molecule has 1 aliphatic heterocycles. The largest absolute Gasteiger partial charge is 0.490 e. The van der Waals surface area contributed by atoms with Gasteiger partial charge in [-0.05, 0) is 29.8 Å². The van der Waals surface area contributed by atoms with Crippen molar-refractivity contribution in [2.24, 2.45) is 0 Å². The zero-order valence-electron chi connectivity index (χ0n) is 10.9. The summed E-state index contributed by atoms with van der Waals surface area (Å²) < 4.78 is 5.54. The number of fused-ring (bicyclic) bond motifs is 1. The quantitative estimate of drug-likeness (QED) is 0.784. The fourth-order valence-corrected chi connectivity index (χ4v) is 2.13. The summed E-state index contributed by atoms with van der Waals surface area (Å²) in [6.45, 7) is 1.08. The molecular formula is C16H14N2O2. The number of hydrogen-bond acceptors (Lipinski definition) is 3. The van der Waals surface area contributed by atoms with Gasteiger partial charge in [-0.3, -0.25) is 9.78 Å². The van der Waals surface area contributed by atoms with Crippen molar-refractivity contribution in [3.05, 3.63) is 60.4 Å². The molecule has 0 bridgehead atoms. The highest BCUT2D eigenvalue weighted by Gasteiger charge is 2.21. The monoisotopic (exact) mass is 266 g/mol. The lowest BCUT2D eigenvalue weighted by Crippen LogP contribution is -2.36. The SMILES string of the molecule is O=C(C=Cc1cccnc1)N1CCOc2ccccc21. The lowest BCUT2D eigenvalue weighted by molar-refractivity contribution is -0.114. The van der Waals surface area contributed by atoms with Gasteiger partial charge in [-0.1, -0.05) is 18.2 Å². The molecule has 1 aliphatic rings. The molecular weight excluding hydrogens is 252 g/mol. The Morgan fingerprint density at radius 3 is 3.00 bits per heavy atom. The molecule has 0 fully saturated rings. The predicted molar refractivity (Wildman–Crippen MR) is 77.6 cm³/mol. The van der Waals surface area contributed by atoms with Gasteiger partial charge in [0.25, 0.3) is 5.91 Å². The van der Waals surface area contributed by atoms with Crippen molar-refractivity contribution in [2.45, 2.75) is 0 Å². The van der Waals surface area contributed by atoms with E-state index in [0.717, 1.165) is 17.0 Å². The van der Waals surface area contributed by atoms with Crippen LogP contribution in [0, 0.1) is 0 Å². The zero-order valence-corrected chi connectivity index (χ0v) is 10.9. The van der Waals surface area contributed by atoms with Gasteiger partial charge in [-0.25, -0.2) is 0 Å². The molecule has 100 valence electrons. The molecule has 0 radical (unpaired) electrons. The number of carbonyl (C=O) groups is 1. The van der Waals surface area contributed by atoms with E-state index < -0.39 is 0 Å². The maximum absolute atomic E-state index is 12.3. The first kappa shape index (κ1) is 12.4. The van der Waals surface area contributed by atoms with Crippen LogP contribution in [0.4, 0.5) is 5.69 Å². The van der Waals surface area contributed by atoms with Crippen LogP contribution in [0.25, 0.3) is 6.08 Å². The highest BCUT2D eigenvalue weighted by atomic mass is 16.5. The number of pyridine rings is 1. The molecule has 0 atom stereocenters. The van der Waals surface area contributed by atoms with Crippen molar-refractivity contribution in [1.82, 2.24) is 4.98 Å². The normalized spacial score (nSPS) is 13.9. The standard InChI is InChI=1S/C16H14N2O2/c19-16(8-7-13-4-3-9-17-12-13)18-10-11-20-15-6-2-1-5-14(15)18/h1-9,12H,10-11H2. The van der Waals surface area contributed by atoms with E-state index in [1.165, 1.54) is 0 Å². The Hall–Kier alpha value is -2.62. The van der Waals surface area contributed by atoms with Crippen molar-refractivity contribution in [3.8, 4) is 5.75 Å². The topological polar surface area (TPSA) is 42.4 Å². The first-order valence-corrected chi connectivity index (χ1v) is 6.46. The van der Waals surface area contributed by atoms with Crippen LogP contribution < -0.4 is 9.64 Å². The third-order valence-corrected chi connectivity index (χ3v) is 3.10. The van der Waals surface area contributed by atoms with Crippen LogP contribution in [0.5, 0.6) is 5.75 Å². The van der Waals surface area contributed by atoms with Crippen LogP contribution in [0.1, 0.15) is 5.56 Å². The summed E-state index contributed by atoms with van der Waals surface area (Å²) in [6.07, 6.45) is 6.76. The van der Waals surface area contributed by atoms with Crippen molar-refractivity contribution >= 4 is 17.7 Å². The number of amides is 1. The van der Waals surface area contributed by atoms with Gasteiger partial charge in [-0.2, -0.15) is 0 Å². The van der Waals surface area contributed by atoms with Gasteiger partial charge in [0.15, 0.2) is 0 Å². The molecule has 0 spiro atoms. The zero-order chi connectivity index (χ0) is 13.8. The van der Waals surface area contributed by atoms with Crippen LogP contribution in [0.15, 0.2) is 54.9 Å². The third kappa shape index (κ3) is 2.54. The lowest BCUT2D eigenvalue weighted by Gasteiger charge is -2.28. The summed E-state index contributed by atoms with van der Waals surface area (Å²) >= 11 is 0. The highest BCUT2D eigenvalue weighted by molar-refractivity contribution is 6.04. The van der Waals surface area contributed by atoms with Gasteiger partial charge < -0.3 is 9.64 Å². The van der Waals surface area contributed by atoms with E-state index in [1.807, 2.05) is 36.4 Å². The van der Waals surface area contributed by atoms with E-state index in [4.69, 9.17) is 4.74 Å². The molecule has 20 heavy (non-hydrogen) atoms. The van der Waals surface area contributed by atoms with Crippen molar-refractivity contribution in [1.29, 1.82) is 0 Å². The number of anilines is 1. The van der Waals surface area contributed by atoms with Gasteiger partial charge in [0.05, 0.1) is 12.2 Å². The Morgan fingerprint density at radius 2 is 2.15 bits per heavy atom. The Labute approximate surface area is 117 Å². The summed E-state index contributed by atoms with van der Waals surface area (Å²) in [5.41, 5.74) is 1.72. The molecule has 0 aliphatic carbocycles. The number of hydrogen-bond donors (Lipinski definition) is 0. The van der Waals surface area contributed by atoms with E-state index >= 15 is 0 Å². The smallest absolute Gasteiger partial charge is 0.251 e. The summed E-state index contributed by atoms with van der Waals surface area (Å²) in [4.78, 5) is 18.0. The molecule has 2 heterocycles. The lowest BCUT2D eigenvalue weighted by atomic mass is 10.2. The molecule has 1 aromatic heterocycles. The van der Waals surface area contributed by atoms with Crippen molar-refractivity contribution < 1.29 is 9.53 Å². The average molecular weight is 266 g/mol. The minimum Gasteiger partial charge on any atom is -0.490 e. The van der Waals surface area contributed by atoms with Crippen molar-refractivity contribution in [3.63, 3.8) is 0 Å². The van der Waals surface area contributed by atoms with E-state index in [2.05, 4.69) is 4.98 Å². The first-order chi connectivity index (χ1) is 9.84. The Bertz CT molecular complexity index is 638. The predicted octanol–water partition coefficient (Wildman–Crippen LogP) is 2.52. The van der Waals surface area contributed by atoms with E-state index in [0.29, 0.717) is 13.2 Å². The highest BCUT2D eigenvalue weighted by Crippen LogP contribution is 2.31. The molecule has 4 heteroatoms. The van der Waals surface area contributed by atoms with Gasteiger partial charge >= 0.3 is 0 Å². The number of nitrogens with zero attached hydrogens (tertiary/aromatic N) is 2. The van der Waals surface area contributed by atoms with Gasteiger partial charge in [0.1, 0.15) is 12.4 Å². The van der Waals surface area contributed by atoms with Crippen LogP contribution in [-0.4, -0.2) is 24.0 Å².